The van der Waals surface area contributed by atoms with Gasteiger partial charge in [-0.3, -0.25) is 9.48 Å². The third-order valence-corrected chi connectivity index (χ3v) is 3.33. The van der Waals surface area contributed by atoms with Crippen molar-refractivity contribution in [3.8, 4) is 0 Å². The van der Waals surface area contributed by atoms with Crippen molar-refractivity contribution in [1.82, 2.24) is 15.1 Å². The van der Waals surface area contributed by atoms with Crippen molar-refractivity contribution >= 4 is 11.6 Å². The van der Waals surface area contributed by atoms with Crippen LogP contribution < -0.4 is 10.6 Å². The molecule has 1 fully saturated rings. The van der Waals surface area contributed by atoms with Gasteiger partial charge >= 0.3 is 0 Å². The summed E-state index contributed by atoms with van der Waals surface area (Å²) in [6.07, 6.45) is 4.33. The number of amides is 1. The lowest BCUT2D eigenvalue weighted by Crippen LogP contribution is -2.15. The summed E-state index contributed by atoms with van der Waals surface area (Å²) in [6.45, 7) is 0.888. The van der Waals surface area contributed by atoms with Gasteiger partial charge < -0.3 is 10.6 Å². The SMILES string of the molecule is Cn1ccc(C(=O)Nc2ccc(CNC3CC3)cc2)n1. The quantitative estimate of drug-likeness (QED) is 0.872. The molecule has 1 aliphatic rings. The molecule has 1 aromatic heterocycles. The van der Waals surface area contributed by atoms with Crippen LogP contribution in [0.5, 0.6) is 0 Å². The number of anilines is 1. The van der Waals surface area contributed by atoms with Crippen molar-refractivity contribution in [2.24, 2.45) is 7.05 Å². The van der Waals surface area contributed by atoms with E-state index in [0.29, 0.717) is 11.7 Å². The minimum absolute atomic E-state index is 0.186. The summed E-state index contributed by atoms with van der Waals surface area (Å²) in [5.41, 5.74) is 2.44. The topological polar surface area (TPSA) is 59.0 Å². The Hall–Kier alpha value is -2.14. The van der Waals surface area contributed by atoms with Gasteiger partial charge in [-0.15, -0.1) is 0 Å². The van der Waals surface area contributed by atoms with E-state index in [2.05, 4.69) is 15.7 Å². The van der Waals surface area contributed by atoms with Crippen LogP contribution in [0.25, 0.3) is 0 Å². The largest absolute Gasteiger partial charge is 0.321 e. The van der Waals surface area contributed by atoms with E-state index < -0.39 is 0 Å². The van der Waals surface area contributed by atoms with Gasteiger partial charge in [-0.05, 0) is 36.6 Å². The third-order valence-electron chi connectivity index (χ3n) is 3.33. The lowest BCUT2D eigenvalue weighted by molar-refractivity contribution is 0.102. The highest BCUT2D eigenvalue weighted by Crippen LogP contribution is 2.19. The van der Waals surface area contributed by atoms with Crippen molar-refractivity contribution in [3.63, 3.8) is 0 Å². The van der Waals surface area contributed by atoms with Crippen LogP contribution in [0.15, 0.2) is 36.5 Å². The minimum atomic E-state index is -0.186. The second-order valence-electron chi connectivity index (χ2n) is 5.18. The van der Waals surface area contributed by atoms with Crippen molar-refractivity contribution in [2.45, 2.75) is 25.4 Å². The Kier molecular flexibility index (Phi) is 3.52. The van der Waals surface area contributed by atoms with Gasteiger partial charge in [-0.25, -0.2) is 0 Å². The molecule has 3 rings (SSSR count). The molecule has 0 unspecified atom stereocenters. The second-order valence-corrected chi connectivity index (χ2v) is 5.18. The molecule has 0 aliphatic heterocycles. The van der Waals surface area contributed by atoms with E-state index >= 15 is 0 Å². The summed E-state index contributed by atoms with van der Waals surface area (Å²) in [6, 6.07) is 10.3. The van der Waals surface area contributed by atoms with Crippen molar-refractivity contribution in [2.75, 3.05) is 5.32 Å². The Morgan fingerprint density at radius 3 is 2.65 bits per heavy atom. The first-order chi connectivity index (χ1) is 9.70. The highest BCUT2D eigenvalue weighted by atomic mass is 16.1. The molecule has 0 atom stereocenters. The van der Waals surface area contributed by atoms with Crippen LogP contribution in [-0.2, 0) is 13.6 Å². The Bertz CT molecular complexity index is 599. The molecule has 1 aliphatic carbocycles. The monoisotopic (exact) mass is 270 g/mol. The molecule has 104 valence electrons. The van der Waals surface area contributed by atoms with Crippen LogP contribution in [0.3, 0.4) is 0 Å². The average molecular weight is 270 g/mol. The number of carbonyl (C=O) groups is 1. The van der Waals surface area contributed by atoms with Gasteiger partial charge in [-0.1, -0.05) is 12.1 Å². The van der Waals surface area contributed by atoms with Gasteiger partial charge in [0.1, 0.15) is 0 Å². The molecule has 1 aromatic carbocycles. The summed E-state index contributed by atoms with van der Waals surface area (Å²) in [7, 11) is 1.79. The summed E-state index contributed by atoms with van der Waals surface area (Å²) in [5.74, 6) is -0.186. The molecule has 0 saturated heterocycles. The Balaban J connectivity index is 1.58. The van der Waals surface area contributed by atoms with Crippen LogP contribution in [-0.4, -0.2) is 21.7 Å². The molecule has 2 N–H and O–H groups in total. The van der Waals surface area contributed by atoms with E-state index in [4.69, 9.17) is 0 Å². The maximum atomic E-state index is 11.9. The van der Waals surface area contributed by atoms with Gasteiger partial charge in [0, 0.05) is 31.5 Å². The maximum absolute atomic E-state index is 11.9. The van der Waals surface area contributed by atoms with Crippen LogP contribution in [0.2, 0.25) is 0 Å². The number of carbonyl (C=O) groups excluding carboxylic acids is 1. The van der Waals surface area contributed by atoms with Crippen LogP contribution in [0.1, 0.15) is 28.9 Å². The molecule has 1 heterocycles. The second kappa shape index (κ2) is 5.46. The van der Waals surface area contributed by atoms with Crippen LogP contribution in [0, 0.1) is 0 Å². The first kappa shape index (κ1) is 12.9. The average Bonchev–Trinajstić information content (AvgIpc) is 3.18. The van der Waals surface area contributed by atoms with E-state index in [1.165, 1.54) is 18.4 Å². The van der Waals surface area contributed by atoms with E-state index in [-0.39, 0.29) is 5.91 Å². The molecule has 0 radical (unpaired) electrons. The number of aromatic nitrogens is 2. The molecule has 2 aromatic rings. The third kappa shape index (κ3) is 3.24. The number of hydrogen-bond acceptors (Lipinski definition) is 3. The molecular formula is C15H18N4O. The lowest BCUT2D eigenvalue weighted by atomic mass is 10.2. The van der Waals surface area contributed by atoms with Gasteiger partial charge in [0.25, 0.3) is 5.91 Å². The minimum Gasteiger partial charge on any atom is -0.321 e. The van der Waals surface area contributed by atoms with Crippen molar-refractivity contribution in [1.29, 1.82) is 0 Å². The number of hydrogen-bond donors (Lipinski definition) is 2. The predicted octanol–water partition coefficient (Wildman–Crippen LogP) is 1.92. The Morgan fingerprint density at radius 2 is 2.05 bits per heavy atom. The van der Waals surface area contributed by atoms with Crippen molar-refractivity contribution in [3.05, 3.63) is 47.8 Å². The summed E-state index contributed by atoms with van der Waals surface area (Å²) < 4.78 is 1.61. The predicted molar refractivity (Wildman–Crippen MR) is 77.5 cm³/mol. The molecule has 0 spiro atoms. The highest BCUT2D eigenvalue weighted by Gasteiger charge is 2.19. The lowest BCUT2D eigenvalue weighted by Gasteiger charge is -2.06. The first-order valence-corrected chi connectivity index (χ1v) is 6.84. The zero-order chi connectivity index (χ0) is 13.9. The van der Waals surface area contributed by atoms with E-state index in [1.807, 2.05) is 24.3 Å². The first-order valence-electron chi connectivity index (χ1n) is 6.84. The zero-order valence-corrected chi connectivity index (χ0v) is 11.5. The highest BCUT2D eigenvalue weighted by molar-refractivity contribution is 6.02. The van der Waals surface area contributed by atoms with Gasteiger partial charge in [0.15, 0.2) is 5.69 Å². The number of nitrogens with zero attached hydrogens (tertiary/aromatic N) is 2. The van der Waals surface area contributed by atoms with E-state index in [0.717, 1.165) is 12.2 Å². The molecular weight excluding hydrogens is 252 g/mol. The van der Waals surface area contributed by atoms with E-state index in [1.54, 1.807) is 24.0 Å². The maximum Gasteiger partial charge on any atom is 0.276 e. The number of aryl methyl sites for hydroxylation is 1. The summed E-state index contributed by atoms with van der Waals surface area (Å²) in [5, 5.41) is 10.4. The number of rotatable bonds is 5. The van der Waals surface area contributed by atoms with Crippen LogP contribution in [0.4, 0.5) is 5.69 Å². The van der Waals surface area contributed by atoms with Crippen LogP contribution >= 0.6 is 0 Å². The molecule has 5 nitrogen and oxygen atoms in total. The van der Waals surface area contributed by atoms with E-state index in [9.17, 15) is 4.79 Å². The molecule has 20 heavy (non-hydrogen) atoms. The Morgan fingerprint density at radius 1 is 1.30 bits per heavy atom. The molecule has 5 heteroatoms. The normalized spacial score (nSPS) is 14.2. The molecule has 0 bridgehead atoms. The number of benzene rings is 1. The summed E-state index contributed by atoms with van der Waals surface area (Å²) in [4.78, 5) is 11.9. The zero-order valence-electron chi connectivity index (χ0n) is 11.5. The van der Waals surface area contributed by atoms with Gasteiger partial charge in [-0.2, -0.15) is 5.10 Å². The number of nitrogens with one attached hydrogen (secondary N) is 2. The standard InChI is InChI=1S/C15H18N4O/c1-19-9-8-14(18-19)15(20)17-13-4-2-11(3-5-13)10-16-12-6-7-12/h2-5,8-9,12,16H,6-7,10H2,1H3,(H,17,20). The fourth-order valence-corrected chi connectivity index (χ4v) is 1.99. The fraction of sp³-hybridized carbons (Fsp3) is 0.333. The molecule has 1 saturated carbocycles. The smallest absolute Gasteiger partial charge is 0.276 e. The molecule has 1 amide bonds. The van der Waals surface area contributed by atoms with Gasteiger partial charge in [0.2, 0.25) is 0 Å². The summed E-state index contributed by atoms with van der Waals surface area (Å²) >= 11 is 0. The fourth-order valence-electron chi connectivity index (χ4n) is 1.99. The van der Waals surface area contributed by atoms with Gasteiger partial charge in [0.05, 0.1) is 0 Å². The Labute approximate surface area is 118 Å². The van der Waals surface area contributed by atoms with Crippen molar-refractivity contribution < 1.29 is 4.79 Å².